The molecule has 0 aromatic heterocycles. The predicted octanol–water partition coefficient (Wildman–Crippen LogP) is 3.63. The van der Waals surface area contributed by atoms with Gasteiger partial charge in [-0.05, 0) is 30.5 Å². The summed E-state index contributed by atoms with van der Waals surface area (Å²) >= 11 is 0. The van der Waals surface area contributed by atoms with Gasteiger partial charge in [0, 0.05) is 13.1 Å². The molecular formula is C18H21NO. The molecule has 0 aliphatic carbocycles. The number of rotatable bonds is 2. The molecule has 0 spiro atoms. The lowest BCUT2D eigenvalue weighted by molar-refractivity contribution is 0.0277. The summed E-state index contributed by atoms with van der Waals surface area (Å²) in [5.74, 6) is 0. The first-order valence-corrected chi connectivity index (χ1v) is 7.23. The van der Waals surface area contributed by atoms with Crippen molar-refractivity contribution in [1.29, 1.82) is 0 Å². The van der Waals surface area contributed by atoms with Gasteiger partial charge in [-0.15, -0.1) is 0 Å². The van der Waals surface area contributed by atoms with Gasteiger partial charge in [0.05, 0.1) is 12.7 Å². The maximum Gasteiger partial charge on any atom is 0.0949 e. The summed E-state index contributed by atoms with van der Waals surface area (Å²) in [4.78, 5) is 0. The Kier molecular flexibility index (Phi) is 3.86. The summed E-state index contributed by atoms with van der Waals surface area (Å²) in [5, 5.41) is 3.37. The summed E-state index contributed by atoms with van der Waals surface area (Å²) < 4.78 is 5.79. The quantitative estimate of drug-likeness (QED) is 0.897. The minimum Gasteiger partial charge on any atom is -0.371 e. The molecule has 1 saturated heterocycles. The van der Waals surface area contributed by atoms with Gasteiger partial charge in [-0.2, -0.15) is 0 Å². The number of nitrogens with one attached hydrogen (secondary N) is 1. The SMILES string of the molecule is Cc1cc(C)cc(-c2ccc(C3CNCCO3)cc2)c1. The molecule has 2 aromatic rings. The van der Waals surface area contributed by atoms with Gasteiger partial charge in [-0.1, -0.05) is 53.6 Å². The average Bonchev–Trinajstić information content (AvgIpc) is 2.47. The van der Waals surface area contributed by atoms with E-state index in [1.807, 2.05) is 0 Å². The first-order chi connectivity index (χ1) is 9.72. The maximum absolute atomic E-state index is 5.79. The lowest BCUT2D eigenvalue weighted by atomic mass is 9.98. The molecule has 1 aliphatic rings. The Hall–Kier alpha value is -1.64. The molecule has 2 aromatic carbocycles. The van der Waals surface area contributed by atoms with Crippen LogP contribution in [-0.4, -0.2) is 19.7 Å². The maximum atomic E-state index is 5.79. The zero-order chi connectivity index (χ0) is 13.9. The number of hydrogen-bond donors (Lipinski definition) is 1. The number of ether oxygens (including phenoxy) is 1. The highest BCUT2D eigenvalue weighted by Gasteiger charge is 2.15. The fraction of sp³-hybridized carbons (Fsp3) is 0.333. The molecule has 0 saturated carbocycles. The monoisotopic (exact) mass is 267 g/mol. The van der Waals surface area contributed by atoms with Crippen molar-refractivity contribution in [2.24, 2.45) is 0 Å². The van der Waals surface area contributed by atoms with E-state index >= 15 is 0 Å². The Labute approximate surface area is 120 Å². The van der Waals surface area contributed by atoms with E-state index in [1.54, 1.807) is 0 Å². The van der Waals surface area contributed by atoms with Crippen LogP contribution in [0.15, 0.2) is 42.5 Å². The predicted molar refractivity (Wildman–Crippen MR) is 82.9 cm³/mol. The van der Waals surface area contributed by atoms with E-state index in [0.717, 1.165) is 19.7 Å². The van der Waals surface area contributed by atoms with Gasteiger partial charge in [-0.3, -0.25) is 0 Å². The largest absolute Gasteiger partial charge is 0.371 e. The molecule has 0 bridgehead atoms. The molecular weight excluding hydrogens is 246 g/mol. The van der Waals surface area contributed by atoms with Crippen molar-refractivity contribution < 1.29 is 4.74 Å². The third kappa shape index (κ3) is 2.92. The standard InChI is InChI=1S/C18H21NO/c1-13-9-14(2)11-17(10-13)15-3-5-16(6-4-15)18-12-19-7-8-20-18/h3-6,9-11,18-19H,7-8,12H2,1-2H3. The van der Waals surface area contributed by atoms with Crippen LogP contribution in [0.4, 0.5) is 0 Å². The minimum atomic E-state index is 0.192. The van der Waals surface area contributed by atoms with Gasteiger partial charge in [0.1, 0.15) is 0 Å². The van der Waals surface area contributed by atoms with Crippen molar-refractivity contribution in [2.45, 2.75) is 20.0 Å². The number of morpholine rings is 1. The first kappa shape index (κ1) is 13.3. The van der Waals surface area contributed by atoms with Gasteiger partial charge in [0.25, 0.3) is 0 Å². The van der Waals surface area contributed by atoms with E-state index in [9.17, 15) is 0 Å². The van der Waals surface area contributed by atoms with Gasteiger partial charge >= 0.3 is 0 Å². The Morgan fingerprint density at radius 1 is 0.950 bits per heavy atom. The molecule has 20 heavy (non-hydrogen) atoms. The van der Waals surface area contributed by atoms with E-state index in [1.165, 1.54) is 27.8 Å². The Morgan fingerprint density at radius 2 is 1.65 bits per heavy atom. The first-order valence-electron chi connectivity index (χ1n) is 7.23. The van der Waals surface area contributed by atoms with E-state index in [4.69, 9.17) is 4.74 Å². The van der Waals surface area contributed by atoms with Gasteiger partial charge < -0.3 is 10.1 Å². The van der Waals surface area contributed by atoms with Crippen molar-refractivity contribution in [2.75, 3.05) is 19.7 Å². The van der Waals surface area contributed by atoms with Crippen molar-refractivity contribution >= 4 is 0 Å². The fourth-order valence-corrected chi connectivity index (χ4v) is 2.81. The molecule has 104 valence electrons. The molecule has 2 heteroatoms. The van der Waals surface area contributed by atoms with E-state index < -0.39 is 0 Å². The molecule has 2 nitrogen and oxygen atoms in total. The second-order valence-electron chi connectivity index (χ2n) is 5.56. The topological polar surface area (TPSA) is 21.3 Å². The van der Waals surface area contributed by atoms with Crippen molar-refractivity contribution in [1.82, 2.24) is 5.32 Å². The van der Waals surface area contributed by atoms with Crippen LogP contribution in [0, 0.1) is 13.8 Å². The number of aryl methyl sites for hydroxylation is 2. The lowest BCUT2D eigenvalue weighted by Gasteiger charge is -2.24. The summed E-state index contributed by atoms with van der Waals surface area (Å²) in [6.07, 6.45) is 0.192. The molecule has 1 fully saturated rings. The molecule has 3 rings (SSSR count). The summed E-state index contributed by atoms with van der Waals surface area (Å²) in [7, 11) is 0. The highest BCUT2D eigenvalue weighted by atomic mass is 16.5. The zero-order valence-electron chi connectivity index (χ0n) is 12.1. The average molecular weight is 267 g/mol. The molecule has 0 radical (unpaired) electrons. The second-order valence-corrected chi connectivity index (χ2v) is 5.56. The summed E-state index contributed by atoms with van der Waals surface area (Å²) in [6.45, 7) is 6.95. The van der Waals surface area contributed by atoms with Crippen LogP contribution in [0.2, 0.25) is 0 Å². The molecule has 1 unspecified atom stereocenters. The third-order valence-electron chi connectivity index (χ3n) is 3.77. The smallest absolute Gasteiger partial charge is 0.0949 e. The second kappa shape index (κ2) is 5.78. The van der Waals surface area contributed by atoms with Crippen LogP contribution in [0.1, 0.15) is 22.8 Å². The number of hydrogen-bond acceptors (Lipinski definition) is 2. The van der Waals surface area contributed by atoms with Crippen molar-refractivity contribution in [3.63, 3.8) is 0 Å². The molecule has 0 amide bonds. The highest BCUT2D eigenvalue weighted by molar-refractivity contribution is 5.65. The van der Waals surface area contributed by atoms with Gasteiger partial charge in [-0.25, -0.2) is 0 Å². The van der Waals surface area contributed by atoms with Crippen LogP contribution in [0.3, 0.4) is 0 Å². The van der Waals surface area contributed by atoms with Crippen LogP contribution < -0.4 is 5.32 Å². The highest BCUT2D eigenvalue weighted by Crippen LogP contribution is 2.25. The van der Waals surface area contributed by atoms with Crippen molar-refractivity contribution in [3.05, 3.63) is 59.2 Å². The van der Waals surface area contributed by atoms with Crippen molar-refractivity contribution in [3.8, 4) is 11.1 Å². The number of benzene rings is 2. The Bertz CT molecular complexity index is 563. The summed E-state index contributed by atoms with van der Waals surface area (Å²) in [5.41, 5.74) is 6.43. The lowest BCUT2D eigenvalue weighted by Crippen LogP contribution is -2.33. The minimum absolute atomic E-state index is 0.192. The van der Waals surface area contributed by atoms with Crippen LogP contribution in [0.5, 0.6) is 0 Å². The molecule has 1 N–H and O–H groups in total. The fourth-order valence-electron chi connectivity index (χ4n) is 2.81. The van der Waals surface area contributed by atoms with E-state index in [-0.39, 0.29) is 6.10 Å². The summed E-state index contributed by atoms with van der Waals surface area (Å²) in [6, 6.07) is 15.4. The van der Waals surface area contributed by atoms with E-state index in [0.29, 0.717) is 0 Å². The third-order valence-corrected chi connectivity index (χ3v) is 3.77. The zero-order valence-corrected chi connectivity index (χ0v) is 12.1. The van der Waals surface area contributed by atoms with Gasteiger partial charge in [0.2, 0.25) is 0 Å². The molecule has 1 heterocycles. The Morgan fingerprint density at radius 3 is 2.25 bits per heavy atom. The molecule has 1 aliphatic heterocycles. The van der Waals surface area contributed by atoms with Crippen LogP contribution in [0.25, 0.3) is 11.1 Å². The van der Waals surface area contributed by atoms with Crippen LogP contribution >= 0.6 is 0 Å². The molecule has 1 atom stereocenters. The van der Waals surface area contributed by atoms with Crippen LogP contribution in [-0.2, 0) is 4.74 Å². The van der Waals surface area contributed by atoms with E-state index in [2.05, 4.69) is 61.6 Å². The Balaban J connectivity index is 1.85. The normalized spacial score (nSPS) is 19.0. The van der Waals surface area contributed by atoms with Gasteiger partial charge in [0.15, 0.2) is 0 Å².